The van der Waals surface area contributed by atoms with Crippen LogP contribution in [0.3, 0.4) is 0 Å². The molecule has 0 radical (unpaired) electrons. The minimum Gasteiger partial charge on any atom is -0.382 e. The van der Waals surface area contributed by atoms with Crippen LogP contribution in [0, 0.1) is 0 Å². The lowest BCUT2D eigenvalue weighted by Crippen LogP contribution is -2.11. The van der Waals surface area contributed by atoms with Crippen molar-refractivity contribution in [2.24, 2.45) is 0 Å². The Morgan fingerprint density at radius 2 is 1.84 bits per heavy atom. The maximum absolute atomic E-state index is 4.41. The maximum Gasteiger partial charge on any atom is 0.0683 e. The number of fused-ring (bicyclic) bond motifs is 1. The number of aromatic nitrogens is 2. The van der Waals surface area contributed by atoms with Crippen LogP contribution in [-0.2, 0) is 6.54 Å². The molecular formula is C15H14BrN3. The fourth-order valence-electron chi connectivity index (χ4n) is 2.11. The summed E-state index contributed by atoms with van der Waals surface area (Å²) in [5.41, 5.74) is 2.29. The standard InChI is InChI=1S/C15H14BrN3/c16-13-6-2-3-7-14(13)17-9-10-19-15-8-4-1-5-12(15)11-18-19/h1-8,11,17H,9-10H2. The lowest BCUT2D eigenvalue weighted by molar-refractivity contribution is 0.660. The molecule has 0 saturated carbocycles. The summed E-state index contributed by atoms with van der Waals surface area (Å²) in [5.74, 6) is 0. The molecule has 4 heteroatoms. The van der Waals surface area contributed by atoms with Crippen molar-refractivity contribution < 1.29 is 0 Å². The van der Waals surface area contributed by atoms with Gasteiger partial charge in [-0.1, -0.05) is 30.3 Å². The van der Waals surface area contributed by atoms with Gasteiger partial charge >= 0.3 is 0 Å². The molecule has 3 aromatic rings. The first-order valence-electron chi connectivity index (χ1n) is 6.23. The Bertz CT molecular complexity index is 690. The molecular weight excluding hydrogens is 302 g/mol. The zero-order chi connectivity index (χ0) is 13.1. The topological polar surface area (TPSA) is 29.9 Å². The first-order valence-corrected chi connectivity index (χ1v) is 7.03. The molecule has 0 aliphatic carbocycles. The SMILES string of the molecule is Brc1ccccc1NCCn1ncc2ccccc21. The van der Waals surface area contributed by atoms with E-state index in [2.05, 4.69) is 44.5 Å². The summed E-state index contributed by atoms with van der Waals surface area (Å²) < 4.78 is 3.11. The van der Waals surface area contributed by atoms with Crippen molar-refractivity contribution in [2.75, 3.05) is 11.9 Å². The summed E-state index contributed by atoms with van der Waals surface area (Å²) in [6, 6.07) is 16.4. The van der Waals surface area contributed by atoms with Gasteiger partial charge in [-0.05, 0) is 34.1 Å². The molecule has 3 nitrogen and oxygen atoms in total. The molecule has 0 saturated heterocycles. The van der Waals surface area contributed by atoms with Gasteiger partial charge in [0.15, 0.2) is 0 Å². The van der Waals surface area contributed by atoms with Crippen molar-refractivity contribution in [1.29, 1.82) is 0 Å². The summed E-state index contributed by atoms with van der Waals surface area (Å²) in [7, 11) is 0. The van der Waals surface area contributed by atoms with Crippen molar-refractivity contribution in [3.8, 4) is 0 Å². The number of rotatable bonds is 4. The maximum atomic E-state index is 4.41. The Hall–Kier alpha value is -1.81. The molecule has 19 heavy (non-hydrogen) atoms. The Morgan fingerprint density at radius 1 is 1.05 bits per heavy atom. The molecule has 0 unspecified atom stereocenters. The molecule has 0 spiro atoms. The minimum atomic E-state index is 0.842. The molecule has 3 rings (SSSR count). The van der Waals surface area contributed by atoms with Gasteiger partial charge < -0.3 is 5.32 Å². The van der Waals surface area contributed by atoms with E-state index in [1.54, 1.807) is 0 Å². The van der Waals surface area contributed by atoms with E-state index in [-0.39, 0.29) is 0 Å². The second kappa shape index (κ2) is 5.45. The van der Waals surface area contributed by atoms with Gasteiger partial charge in [0, 0.05) is 22.1 Å². The van der Waals surface area contributed by atoms with Crippen molar-refractivity contribution in [3.05, 3.63) is 59.2 Å². The second-order valence-corrected chi connectivity index (χ2v) is 5.19. The van der Waals surface area contributed by atoms with Gasteiger partial charge in [-0.2, -0.15) is 5.10 Å². The van der Waals surface area contributed by atoms with E-state index in [1.807, 2.05) is 41.2 Å². The van der Waals surface area contributed by atoms with Crippen molar-refractivity contribution >= 4 is 32.5 Å². The molecule has 96 valence electrons. The highest BCUT2D eigenvalue weighted by atomic mass is 79.9. The van der Waals surface area contributed by atoms with E-state index in [0.717, 1.165) is 23.2 Å². The van der Waals surface area contributed by atoms with E-state index >= 15 is 0 Å². The summed E-state index contributed by atoms with van der Waals surface area (Å²) in [6.07, 6.45) is 1.91. The number of nitrogens with one attached hydrogen (secondary N) is 1. The Morgan fingerprint density at radius 3 is 2.74 bits per heavy atom. The van der Waals surface area contributed by atoms with Crippen molar-refractivity contribution in [1.82, 2.24) is 9.78 Å². The van der Waals surface area contributed by atoms with E-state index in [4.69, 9.17) is 0 Å². The van der Waals surface area contributed by atoms with Crippen LogP contribution in [0.15, 0.2) is 59.2 Å². The number of para-hydroxylation sites is 2. The molecule has 0 aliphatic heterocycles. The number of halogens is 1. The monoisotopic (exact) mass is 315 g/mol. The van der Waals surface area contributed by atoms with Gasteiger partial charge in [-0.25, -0.2) is 0 Å². The molecule has 0 amide bonds. The zero-order valence-electron chi connectivity index (χ0n) is 10.4. The van der Waals surface area contributed by atoms with Crippen LogP contribution in [0.5, 0.6) is 0 Å². The quantitative estimate of drug-likeness (QED) is 0.791. The lowest BCUT2D eigenvalue weighted by Gasteiger charge is -2.09. The molecule has 1 N–H and O–H groups in total. The molecule has 0 aliphatic rings. The van der Waals surface area contributed by atoms with E-state index in [9.17, 15) is 0 Å². The number of hydrogen-bond donors (Lipinski definition) is 1. The average molecular weight is 316 g/mol. The summed E-state index contributed by atoms with van der Waals surface area (Å²) in [6.45, 7) is 1.68. The first kappa shape index (κ1) is 12.2. The summed E-state index contributed by atoms with van der Waals surface area (Å²) in [4.78, 5) is 0. The smallest absolute Gasteiger partial charge is 0.0683 e. The van der Waals surface area contributed by atoms with Crippen molar-refractivity contribution in [2.45, 2.75) is 6.54 Å². The Balaban J connectivity index is 1.68. The number of benzene rings is 2. The van der Waals surface area contributed by atoms with Gasteiger partial charge in [-0.3, -0.25) is 4.68 Å². The summed E-state index contributed by atoms with van der Waals surface area (Å²) in [5, 5.41) is 9.01. The highest BCUT2D eigenvalue weighted by molar-refractivity contribution is 9.10. The third-order valence-electron chi connectivity index (χ3n) is 3.06. The van der Waals surface area contributed by atoms with Crippen LogP contribution < -0.4 is 5.32 Å². The predicted molar refractivity (Wildman–Crippen MR) is 82.4 cm³/mol. The average Bonchev–Trinajstić information content (AvgIpc) is 2.85. The van der Waals surface area contributed by atoms with Gasteiger partial charge in [-0.15, -0.1) is 0 Å². The minimum absolute atomic E-state index is 0.842. The first-order chi connectivity index (χ1) is 9.34. The summed E-state index contributed by atoms with van der Waals surface area (Å²) >= 11 is 3.53. The number of hydrogen-bond acceptors (Lipinski definition) is 2. The lowest BCUT2D eigenvalue weighted by atomic mass is 10.2. The molecule has 0 fully saturated rings. The fraction of sp³-hybridized carbons (Fsp3) is 0.133. The van der Waals surface area contributed by atoms with Crippen LogP contribution in [0.1, 0.15) is 0 Å². The molecule has 1 heterocycles. The van der Waals surface area contributed by atoms with Gasteiger partial charge in [0.25, 0.3) is 0 Å². The highest BCUT2D eigenvalue weighted by Gasteiger charge is 2.01. The number of nitrogens with zero attached hydrogens (tertiary/aromatic N) is 2. The highest BCUT2D eigenvalue weighted by Crippen LogP contribution is 2.21. The van der Waals surface area contributed by atoms with Gasteiger partial charge in [0.1, 0.15) is 0 Å². The van der Waals surface area contributed by atoms with Crippen LogP contribution in [-0.4, -0.2) is 16.3 Å². The van der Waals surface area contributed by atoms with Crippen LogP contribution in [0.4, 0.5) is 5.69 Å². The van der Waals surface area contributed by atoms with E-state index in [1.165, 1.54) is 10.9 Å². The third-order valence-corrected chi connectivity index (χ3v) is 3.76. The van der Waals surface area contributed by atoms with Crippen LogP contribution in [0.2, 0.25) is 0 Å². The van der Waals surface area contributed by atoms with Crippen LogP contribution in [0.25, 0.3) is 10.9 Å². The molecule has 2 aromatic carbocycles. The molecule has 0 atom stereocenters. The fourth-order valence-corrected chi connectivity index (χ4v) is 2.53. The van der Waals surface area contributed by atoms with E-state index in [0.29, 0.717) is 0 Å². The zero-order valence-corrected chi connectivity index (χ0v) is 12.0. The normalized spacial score (nSPS) is 10.8. The largest absolute Gasteiger partial charge is 0.382 e. The van der Waals surface area contributed by atoms with E-state index < -0.39 is 0 Å². The Labute approximate surface area is 120 Å². The van der Waals surface area contributed by atoms with Gasteiger partial charge in [0.05, 0.1) is 18.3 Å². The Kier molecular flexibility index (Phi) is 3.51. The van der Waals surface area contributed by atoms with Crippen LogP contribution >= 0.6 is 15.9 Å². The second-order valence-electron chi connectivity index (χ2n) is 4.33. The number of anilines is 1. The van der Waals surface area contributed by atoms with Gasteiger partial charge in [0.2, 0.25) is 0 Å². The molecule has 1 aromatic heterocycles. The molecule has 0 bridgehead atoms. The predicted octanol–water partition coefficient (Wildman–Crippen LogP) is 3.91. The third kappa shape index (κ3) is 2.63. The van der Waals surface area contributed by atoms with Crippen molar-refractivity contribution in [3.63, 3.8) is 0 Å².